The quantitative estimate of drug-likeness (QED) is 0.794. The molecule has 124 valence electrons. The Hall–Kier alpha value is -0.950. The molecule has 2 rings (SSSR count). The van der Waals surface area contributed by atoms with Crippen molar-refractivity contribution in [2.75, 3.05) is 32.4 Å². The van der Waals surface area contributed by atoms with Crippen molar-refractivity contribution in [2.45, 2.75) is 25.4 Å². The fourth-order valence-corrected chi connectivity index (χ4v) is 3.71. The van der Waals surface area contributed by atoms with Gasteiger partial charge in [0.15, 0.2) is 0 Å². The molecule has 1 aromatic carbocycles. The van der Waals surface area contributed by atoms with Gasteiger partial charge in [-0.3, -0.25) is 0 Å². The molecule has 0 aliphatic carbocycles. The van der Waals surface area contributed by atoms with Gasteiger partial charge < -0.3 is 10.0 Å². The first-order chi connectivity index (χ1) is 10.5. The molecule has 1 fully saturated rings. The van der Waals surface area contributed by atoms with Crippen molar-refractivity contribution >= 4 is 10.0 Å². The van der Waals surface area contributed by atoms with E-state index in [1.54, 1.807) is 0 Å². The molecule has 0 aromatic heterocycles. The number of aliphatic hydroxyl groups excluding tert-OH is 1. The Morgan fingerprint density at radius 3 is 2.50 bits per heavy atom. The Balaban J connectivity index is 1.74. The maximum atomic E-state index is 11.4. The second kappa shape index (κ2) is 8.06. The zero-order valence-corrected chi connectivity index (χ0v) is 13.9. The zero-order valence-electron chi connectivity index (χ0n) is 13.1. The van der Waals surface area contributed by atoms with Crippen LogP contribution in [0.4, 0.5) is 0 Å². The van der Waals surface area contributed by atoms with Gasteiger partial charge in [-0.05, 0) is 57.4 Å². The predicted molar refractivity (Wildman–Crippen MR) is 88.0 cm³/mol. The van der Waals surface area contributed by atoms with E-state index in [2.05, 4.69) is 9.62 Å². The van der Waals surface area contributed by atoms with Gasteiger partial charge in [-0.15, -0.1) is 0 Å². The Morgan fingerprint density at radius 1 is 1.27 bits per heavy atom. The standard InChI is InChI=1S/C16H26N2O3S/c1-17-22(20,21)13-5-10-18-11-8-15(9-12-18)16(19)14-6-3-2-4-7-14/h2-4,6-7,15-17,19H,5,8-13H2,1H3. The maximum Gasteiger partial charge on any atom is 0.211 e. The highest BCUT2D eigenvalue weighted by molar-refractivity contribution is 7.89. The summed E-state index contributed by atoms with van der Waals surface area (Å²) in [5.41, 5.74) is 0.987. The number of likely N-dealkylation sites (tertiary alicyclic amines) is 1. The molecule has 1 unspecified atom stereocenters. The number of hydrogen-bond donors (Lipinski definition) is 2. The highest BCUT2D eigenvalue weighted by Crippen LogP contribution is 2.30. The van der Waals surface area contributed by atoms with Crippen LogP contribution < -0.4 is 4.72 Å². The molecular formula is C16H26N2O3S. The average molecular weight is 326 g/mol. The summed E-state index contributed by atoms with van der Waals surface area (Å²) < 4.78 is 25.1. The van der Waals surface area contributed by atoms with Gasteiger partial charge >= 0.3 is 0 Å². The summed E-state index contributed by atoms with van der Waals surface area (Å²) in [6.45, 7) is 2.65. The molecule has 1 atom stereocenters. The number of nitrogens with one attached hydrogen (secondary N) is 1. The molecule has 0 amide bonds. The molecule has 1 aliphatic rings. The minimum Gasteiger partial charge on any atom is -0.388 e. The minimum absolute atomic E-state index is 0.177. The molecule has 2 N–H and O–H groups in total. The summed E-state index contributed by atoms with van der Waals surface area (Å²) in [6, 6.07) is 9.81. The number of hydrogen-bond acceptors (Lipinski definition) is 4. The monoisotopic (exact) mass is 326 g/mol. The van der Waals surface area contributed by atoms with E-state index < -0.39 is 16.1 Å². The first-order valence-corrected chi connectivity index (χ1v) is 9.53. The van der Waals surface area contributed by atoms with E-state index in [0.717, 1.165) is 38.0 Å². The summed E-state index contributed by atoms with van der Waals surface area (Å²) in [6.07, 6.45) is 2.16. The van der Waals surface area contributed by atoms with Gasteiger partial charge in [-0.2, -0.15) is 0 Å². The summed E-state index contributed by atoms with van der Waals surface area (Å²) in [5, 5.41) is 10.4. The molecule has 1 saturated heterocycles. The molecule has 0 bridgehead atoms. The number of rotatable bonds is 7. The number of nitrogens with zero attached hydrogens (tertiary/aromatic N) is 1. The van der Waals surface area contributed by atoms with Gasteiger partial charge in [0.25, 0.3) is 0 Å². The van der Waals surface area contributed by atoms with Crippen molar-refractivity contribution in [3.05, 3.63) is 35.9 Å². The van der Waals surface area contributed by atoms with Crippen LogP contribution in [0.2, 0.25) is 0 Å². The lowest BCUT2D eigenvalue weighted by Gasteiger charge is -2.34. The molecule has 1 aliphatic heterocycles. The topological polar surface area (TPSA) is 69.6 Å². The van der Waals surface area contributed by atoms with E-state index in [1.165, 1.54) is 7.05 Å². The minimum atomic E-state index is -3.10. The first-order valence-electron chi connectivity index (χ1n) is 7.88. The Labute approximate surface area is 133 Å². The van der Waals surface area contributed by atoms with Crippen LogP contribution in [0.15, 0.2) is 30.3 Å². The van der Waals surface area contributed by atoms with Crippen LogP contribution in [0.25, 0.3) is 0 Å². The van der Waals surface area contributed by atoms with Gasteiger partial charge in [-0.1, -0.05) is 30.3 Å². The Morgan fingerprint density at radius 2 is 1.91 bits per heavy atom. The van der Waals surface area contributed by atoms with Crippen LogP contribution in [-0.4, -0.2) is 50.9 Å². The SMILES string of the molecule is CNS(=O)(=O)CCCN1CCC(C(O)c2ccccc2)CC1. The predicted octanol–water partition coefficient (Wildman–Crippen LogP) is 1.37. The lowest BCUT2D eigenvalue weighted by molar-refractivity contribution is 0.0590. The molecule has 1 heterocycles. The molecule has 6 heteroatoms. The van der Waals surface area contributed by atoms with E-state index in [-0.39, 0.29) is 5.75 Å². The second-order valence-corrected chi connectivity index (χ2v) is 7.96. The number of piperidine rings is 1. The molecule has 0 saturated carbocycles. The number of benzene rings is 1. The van der Waals surface area contributed by atoms with Gasteiger partial charge in [0.05, 0.1) is 11.9 Å². The normalized spacial score (nSPS) is 19.2. The largest absolute Gasteiger partial charge is 0.388 e. The van der Waals surface area contributed by atoms with Crippen molar-refractivity contribution in [3.8, 4) is 0 Å². The van der Waals surface area contributed by atoms with Crippen molar-refractivity contribution in [2.24, 2.45) is 5.92 Å². The Kier molecular flexibility index (Phi) is 6.37. The fraction of sp³-hybridized carbons (Fsp3) is 0.625. The third-order valence-electron chi connectivity index (χ3n) is 4.42. The number of sulfonamides is 1. The third-order valence-corrected chi connectivity index (χ3v) is 5.87. The summed E-state index contributed by atoms with van der Waals surface area (Å²) in [4.78, 5) is 2.29. The lowest BCUT2D eigenvalue weighted by Crippen LogP contribution is -2.37. The Bertz CT molecular complexity index is 540. The molecular weight excluding hydrogens is 300 g/mol. The van der Waals surface area contributed by atoms with Gasteiger partial charge in [0.1, 0.15) is 0 Å². The highest BCUT2D eigenvalue weighted by atomic mass is 32.2. The van der Waals surface area contributed by atoms with Crippen molar-refractivity contribution in [1.29, 1.82) is 0 Å². The summed E-state index contributed by atoms with van der Waals surface area (Å²) >= 11 is 0. The van der Waals surface area contributed by atoms with Crippen molar-refractivity contribution < 1.29 is 13.5 Å². The molecule has 22 heavy (non-hydrogen) atoms. The maximum absolute atomic E-state index is 11.4. The van der Waals surface area contributed by atoms with E-state index in [0.29, 0.717) is 12.3 Å². The van der Waals surface area contributed by atoms with E-state index >= 15 is 0 Å². The molecule has 1 aromatic rings. The van der Waals surface area contributed by atoms with E-state index in [4.69, 9.17) is 0 Å². The van der Waals surface area contributed by atoms with Gasteiger partial charge in [0, 0.05) is 0 Å². The third kappa shape index (κ3) is 5.05. The fourth-order valence-electron chi connectivity index (χ4n) is 2.99. The smallest absolute Gasteiger partial charge is 0.211 e. The van der Waals surface area contributed by atoms with Gasteiger partial charge in [0.2, 0.25) is 10.0 Å². The van der Waals surface area contributed by atoms with Crippen molar-refractivity contribution in [3.63, 3.8) is 0 Å². The number of aliphatic hydroxyl groups is 1. The average Bonchev–Trinajstić information content (AvgIpc) is 2.55. The molecule has 0 radical (unpaired) electrons. The van der Waals surface area contributed by atoms with Crippen molar-refractivity contribution in [1.82, 2.24) is 9.62 Å². The van der Waals surface area contributed by atoms with Crippen LogP contribution in [0.1, 0.15) is 30.9 Å². The van der Waals surface area contributed by atoms with Crippen LogP contribution in [0.5, 0.6) is 0 Å². The molecule has 0 spiro atoms. The van der Waals surface area contributed by atoms with E-state index in [9.17, 15) is 13.5 Å². The highest BCUT2D eigenvalue weighted by Gasteiger charge is 2.26. The van der Waals surface area contributed by atoms with Crippen LogP contribution in [-0.2, 0) is 10.0 Å². The summed E-state index contributed by atoms with van der Waals surface area (Å²) in [7, 11) is -1.65. The molecule has 5 nitrogen and oxygen atoms in total. The van der Waals surface area contributed by atoms with Crippen LogP contribution in [0.3, 0.4) is 0 Å². The van der Waals surface area contributed by atoms with Gasteiger partial charge in [-0.25, -0.2) is 13.1 Å². The lowest BCUT2D eigenvalue weighted by atomic mass is 9.87. The van der Waals surface area contributed by atoms with Crippen LogP contribution >= 0.6 is 0 Å². The van der Waals surface area contributed by atoms with E-state index in [1.807, 2.05) is 30.3 Å². The zero-order chi connectivity index (χ0) is 16.0. The summed E-state index contributed by atoms with van der Waals surface area (Å²) in [5.74, 6) is 0.468. The second-order valence-electron chi connectivity index (χ2n) is 5.91. The van der Waals surface area contributed by atoms with Crippen LogP contribution in [0, 0.1) is 5.92 Å². The first kappa shape index (κ1) is 17.4.